The minimum atomic E-state index is -0.0441. The zero-order valence-electron chi connectivity index (χ0n) is 14.1. The summed E-state index contributed by atoms with van der Waals surface area (Å²) < 4.78 is 5.16. The van der Waals surface area contributed by atoms with Crippen LogP contribution in [-0.2, 0) is 9.59 Å². The van der Waals surface area contributed by atoms with E-state index >= 15 is 0 Å². The number of likely N-dealkylation sites (tertiary alicyclic amines) is 1. The van der Waals surface area contributed by atoms with Crippen LogP contribution >= 0.6 is 0 Å². The molecule has 1 aliphatic heterocycles. The minimum absolute atomic E-state index is 0.0441. The monoisotopic (exact) mass is 331 g/mol. The standard InChI is InChI=1S/C18H25N3O3/c1-24-16-6-2-4-14(10-16)19-17(22)12-21-9-3-5-15(11-21)20-18(23)13-7-8-13/h2,4,6,10,13,15H,3,5,7-9,11-12H2,1H3,(H,19,22)(H,20,23). The molecular formula is C18H25N3O3. The van der Waals surface area contributed by atoms with Gasteiger partial charge in [-0.2, -0.15) is 0 Å². The number of nitrogens with zero attached hydrogens (tertiary/aromatic N) is 1. The van der Waals surface area contributed by atoms with Gasteiger partial charge in [0.05, 0.1) is 13.7 Å². The highest BCUT2D eigenvalue weighted by Gasteiger charge is 2.32. The third kappa shape index (κ3) is 4.71. The third-order valence-electron chi connectivity index (χ3n) is 4.52. The van der Waals surface area contributed by atoms with Crippen LogP contribution in [0.15, 0.2) is 24.3 Å². The molecule has 2 N–H and O–H groups in total. The maximum atomic E-state index is 12.2. The molecule has 1 aliphatic carbocycles. The zero-order valence-corrected chi connectivity index (χ0v) is 14.1. The molecule has 1 aromatic rings. The van der Waals surface area contributed by atoms with Crippen LogP contribution in [0.25, 0.3) is 0 Å². The van der Waals surface area contributed by atoms with Crippen molar-refractivity contribution in [2.24, 2.45) is 5.92 Å². The molecule has 0 spiro atoms. The van der Waals surface area contributed by atoms with Gasteiger partial charge in [0.2, 0.25) is 11.8 Å². The molecule has 6 heteroatoms. The smallest absolute Gasteiger partial charge is 0.238 e. The topological polar surface area (TPSA) is 70.7 Å². The van der Waals surface area contributed by atoms with Crippen LogP contribution in [-0.4, -0.2) is 49.5 Å². The molecule has 1 saturated carbocycles. The van der Waals surface area contributed by atoms with E-state index in [0.717, 1.165) is 44.5 Å². The first kappa shape index (κ1) is 16.8. The number of carbonyl (C=O) groups is 2. The number of methoxy groups -OCH3 is 1. The molecule has 1 heterocycles. The van der Waals surface area contributed by atoms with Gasteiger partial charge in [-0.05, 0) is 44.4 Å². The van der Waals surface area contributed by atoms with Gasteiger partial charge in [0, 0.05) is 30.3 Å². The Kier molecular flexibility index (Phi) is 5.35. The molecule has 24 heavy (non-hydrogen) atoms. The number of hydrogen-bond acceptors (Lipinski definition) is 4. The van der Waals surface area contributed by atoms with Gasteiger partial charge in [0.15, 0.2) is 0 Å². The summed E-state index contributed by atoms with van der Waals surface area (Å²) in [6.07, 6.45) is 4.03. The SMILES string of the molecule is COc1cccc(NC(=O)CN2CCCC(NC(=O)C3CC3)C2)c1. The molecule has 1 saturated heterocycles. The summed E-state index contributed by atoms with van der Waals surface area (Å²) in [7, 11) is 1.60. The Labute approximate surface area is 142 Å². The van der Waals surface area contributed by atoms with Gasteiger partial charge >= 0.3 is 0 Å². The number of nitrogens with one attached hydrogen (secondary N) is 2. The van der Waals surface area contributed by atoms with Crippen molar-refractivity contribution in [3.63, 3.8) is 0 Å². The number of piperidine rings is 1. The summed E-state index contributed by atoms with van der Waals surface area (Å²) in [5, 5.41) is 6.02. The van der Waals surface area contributed by atoms with E-state index in [1.807, 2.05) is 18.2 Å². The first-order valence-corrected chi connectivity index (χ1v) is 8.60. The van der Waals surface area contributed by atoms with Crippen molar-refractivity contribution in [1.82, 2.24) is 10.2 Å². The van der Waals surface area contributed by atoms with Gasteiger partial charge in [-0.15, -0.1) is 0 Å². The number of amides is 2. The molecule has 2 amide bonds. The van der Waals surface area contributed by atoms with Crippen molar-refractivity contribution in [2.45, 2.75) is 31.7 Å². The van der Waals surface area contributed by atoms with Crippen LogP contribution in [0, 0.1) is 5.92 Å². The zero-order chi connectivity index (χ0) is 16.9. The summed E-state index contributed by atoms with van der Waals surface area (Å²) >= 11 is 0. The molecule has 130 valence electrons. The van der Waals surface area contributed by atoms with E-state index in [2.05, 4.69) is 15.5 Å². The average Bonchev–Trinajstić information content (AvgIpc) is 3.40. The van der Waals surface area contributed by atoms with Gasteiger partial charge in [-0.3, -0.25) is 14.5 Å². The minimum Gasteiger partial charge on any atom is -0.497 e. The average molecular weight is 331 g/mol. The molecule has 1 aromatic carbocycles. The lowest BCUT2D eigenvalue weighted by Gasteiger charge is -2.32. The van der Waals surface area contributed by atoms with Gasteiger partial charge in [-0.25, -0.2) is 0 Å². The van der Waals surface area contributed by atoms with Crippen molar-refractivity contribution in [3.05, 3.63) is 24.3 Å². The lowest BCUT2D eigenvalue weighted by atomic mass is 10.1. The summed E-state index contributed by atoms with van der Waals surface area (Å²) in [5.41, 5.74) is 0.731. The second kappa shape index (κ2) is 7.66. The number of benzene rings is 1. The second-order valence-electron chi connectivity index (χ2n) is 6.64. The molecule has 0 radical (unpaired) electrons. The fraction of sp³-hybridized carbons (Fsp3) is 0.556. The molecule has 0 bridgehead atoms. The fourth-order valence-electron chi connectivity index (χ4n) is 3.09. The Bertz CT molecular complexity index is 601. The summed E-state index contributed by atoms with van der Waals surface area (Å²) in [6, 6.07) is 7.49. The molecule has 1 unspecified atom stereocenters. The third-order valence-corrected chi connectivity index (χ3v) is 4.52. The predicted molar refractivity (Wildman–Crippen MR) is 92.0 cm³/mol. The molecule has 2 fully saturated rings. The van der Waals surface area contributed by atoms with Crippen molar-refractivity contribution < 1.29 is 14.3 Å². The van der Waals surface area contributed by atoms with Crippen LogP contribution in [0.2, 0.25) is 0 Å². The first-order chi connectivity index (χ1) is 11.6. The molecule has 2 aliphatic rings. The normalized spacial score (nSPS) is 21.1. The van der Waals surface area contributed by atoms with Crippen molar-refractivity contribution in [2.75, 3.05) is 32.1 Å². The quantitative estimate of drug-likeness (QED) is 0.831. The summed E-state index contributed by atoms with van der Waals surface area (Å²) in [5.74, 6) is 1.09. The van der Waals surface area contributed by atoms with Gasteiger partial charge in [0.1, 0.15) is 5.75 Å². The lowest BCUT2D eigenvalue weighted by Crippen LogP contribution is -2.49. The Morgan fingerprint density at radius 2 is 2.12 bits per heavy atom. The van der Waals surface area contributed by atoms with E-state index in [-0.39, 0.29) is 23.8 Å². The maximum absolute atomic E-state index is 12.2. The van der Waals surface area contributed by atoms with Crippen LogP contribution in [0.5, 0.6) is 5.75 Å². The van der Waals surface area contributed by atoms with E-state index in [0.29, 0.717) is 12.3 Å². The van der Waals surface area contributed by atoms with Crippen LogP contribution < -0.4 is 15.4 Å². The number of carbonyl (C=O) groups excluding carboxylic acids is 2. The maximum Gasteiger partial charge on any atom is 0.238 e. The Morgan fingerprint density at radius 3 is 2.88 bits per heavy atom. The van der Waals surface area contributed by atoms with E-state index in [4.69, 9.17) is 4.74 Å². The fourth-order valence-corrected chi connectivity index (χ4v) is 3.09. The van der Waals surface area contributed by atoms with Crippen LogP contribution in [0.3, 0.4) is 0 Å². The van der Waals surface area contributed by atoms with Gasteiger partial charge in [0.25, 0.3) is 0 Å². The second-order valence-corrected chi connectivity index (χ2v) is 6.64. The van der Waals surface area contributed by atoms with Gasteiger partial charge < -0.3 is 15.4 Å². The van der Waals surface area contributed by atoms with Gasteiger partial charge in [-0.1, -0.05) is 6.07 Å². The Hall–Kier alpha value is -2.08. The first-order valence-electron chi connectivity index (χ1n) is 8.60. The van der Waals surface area contributed by atoms with E-state index in [1.54, 1.807) is 13.2 Å². The Balaban J connectivity index is 1.47. The molecule has 0 aromatic heterocycles. The predicted octanol–water partition coefficient (Wildman–Crippen LogP) is 1.62. The highest BCUT2D eigenvalue weighted by Crippen LogP contribution is 2.29. The van der Waals surface area contributed by atoms with Crippen molar-refractivity contribution in [1.29, 1.82) is 0 Å². The van der Waals surface area contributed by atoms with E-state index in [1.165, 1.54) is 0 Å². The lowest BCUT2D eigenvalue weighted by molar-refractivity contribution is -0.123. The number of ether oxygens (including phenoxy) is 1. The molecule has 3 rings (SSSR count). The highest BCUT2D eigenvalue weighted by atomic mass is 16.5. The molecular weight excluding hydrogens is 306 g/mol. The van der Waals surface area contributed by atoms with Crippen molar-refractivity contribution >= 4 is 17.5 Å². The Morgan fingerprint density at radius 1 is 1.29 bits per heavy atom. The van der Waals surface area contributed by atoms with Crippen LogP contribution in [0.1, 0.15) is 25.7 Å². The number of hydrogen-bond donors (Lipinski definition) is 2. The largest absolute Gasteiger partial charge is 0.497 e. The van der Waals surface area contributed by atoms with Crippen molar-refractivity contribution in [3.8, 4) is 5.75 Å². The summed E-state index contributed by atoms with van der Waals surface area (Å²) in [4.78, 5) is 26.2. The highest BCUT2D eigenvalue weighted by molar-refractivity contribution is 5.92. The molecule has 6 nitrogen and oxygen atoms in total. The molecule has 1 atom stereocenters. The number of anilines is 1. The summed E-state index contributed by atoms with van der Waals surface area (Å²) in [6.45, 7) is 1.97. The number of rotatable bonds is 6. The van der Waals surface area contributed by atoms with E-state index in [9.17, 15) is 9.59 Å². The van der Waals surface area contributed by atoms with E-state index < -0.39 is 0 Å². The van der Waals surface area contributed by atoms with Crippen LogP contribution in [0.4, 0.5) is 5.69 Å².